The number of ether oxygens (including phenoxy) is 1. The third-order valence-corrected chi connectivity index (χ3v) is 5.51. The van der Waals surface area contributed by atoms with Gasteiger partial charge in [-0.2, -0.15) is 0 Å². The smallest absolute Gasteiger partial charge is 0.317 e. The number of aliphatic hydroxyl groups is 1. The molecule has 0 radical (unpaired) electrons. The minimum absolute atomic E-state index is 0.0629. The highest BCUT2D eigenvalue weighted by Gasteiger charge is 2.33. The Hall–Kier alpha value is -1.59. The molecule has 1 atom stereocenters. The van der Waals surface area contributed by atoms with Crippen LogP contribution >= 0.6 is 0 Å². The van der Waals surface area contributed by atoms with Crippen LogP contribution in [0.15, 0.2) is 18.2 Å². The lowest BCUT2D eigenvalue weighted by atomic mass is 9.94. The molecule has 2 aliphatic rings. The normalized spacial score (nSPS) is 21.9. The highest BCUT2D eigenvalue weighted by Crippen LogP contribution is 2.33. The molecule has 2 N–H and O–H groups in total. The summed E-state index contributed by atoms with van der Waals surface area (Å²) in [4.78, 5) is 14.2. The molecule has 1 aliphatic carbocycles. The summed E-state index contributed by atoms with van der Waals surface area (Å²) in [5.41, 5.74) is 3.06. The third kappa shape index (κ3) is 4.15. The van der Waals surface area contributed by atoms with Crippen molar-refractivity contribution in [3.63, 3.8) is 0 Å². The number of benzene rings is 1. The van der Waals surface area contributed by atoms with E-state index >= 15 is 0 Å². The predicted octanol–water partition coefficient (Wildman–Crippen LogP) is 2.98. The average Bonchev–Trinajstić information content (AvgIpc) is 2.97. The molecule has 0 aromatic heterocycles. The van der Waals surface area contributed by atoms with Gasteiger partial charge in [-0.15, -0.1) is 0 Å². The first-order valence-electron chi connectivity index (χ1n) is 9.32. The van der Waals surface area contributed by atoms with Gasteiger partial charge >= 0.3 is 6.03 Å². The van der Waals surface area contributed by atoms with Crippen LogP contribution in [-0.2, 0) is 11.2 Å². The van der Waals surface area contributed by atoms with E-state index in [0.29, 0.717) is 38.5 Å². The number of rotatable bonds is 4. The number of fused-ring (bicyclic) bond motifs is 1. The van der Waals surface area contributed by atoms with Crippen molar-refractivity contribution >= 4 is 6.03 Å². The number of aryl methyl sites for hydroxylation is 1. The van der Waals surface area contributed by atoms with E-state index in [-0.39, 0.29) is 12.1 Å². The Bertz CT molecular complexity index is 623. The summed E-state index contributed by atoms with van der Waals surface area (Å²) in [6.07, 6.45) is 3.10. The first-order chi connectivity index (χ1) is 11.9. The van der Waals surface area contributed by atoms with Crippen LogP contribution in [0.25, 0.3) is 0 Å². The Balaban J connectivity index is 1.63. The fourth-order valence-electron chi connectivity index (χ4n) is 3.81. The van der Waals surface area contributed by atoms with E-state index in [1.807, 2.05) is 0 Å². The number of nitrogens with zero attached hydrogens (tertiary/aromatic N) is 1. The van der Waals surface area contributed by atoms with E-state index in [0.717, 1.165) is 12.8 Å². The molecule has 0 saturated carbocycles. The zero-order chi connectivity index (χ0) is 18.0. The fourth-order valence-corrected chi connectivity index (χ4v) is 3.81. The molecular weight excluding hydrogens is 316 g/mol. The molecule has 138 valence electrons. The minimum atomic E-state index is -0.831. The maximum absolute atomic E-state index is 12.6. The zero-order valence-electron chi connectivity index (χ0n) is 15.5. The van der Waals surface area contributed by atoms with Crippen LogP contribution in [0.4, 0.5) is 4.79 Å². The lowest BCUT2D eigenvalue weighted by Gasteiger charge is -2.35. The van der Waals surface area contributed by atoms with Crippen molar-refractivity contribution in [2.75, 3.05) is 26.8 Å². The van der Waals surface area contributed by atoms with Crippen molar-refractivity contribution in [2.24, 2.45) is 0 Å². The lowest BCUT2D eigenvalue weighted by Crippen LogP contribution is -2.50. The topological polar surface area (TPSA) is 61.8 Å². The van der Waals surface area contributed by atoms with Crippen LogP contribution in [0.3, 0.4) is 0 Å². The molecule has 0 spiro atoms. The molecule has 1 heterocycles. The van der Waals surface area contributed by atoms with E-state index in [9.17, 15) is 9.90 Å². The monoisotopic (exact) mass is 346 g/mol. The van der Waals surface area contributed by atoms with Gasteiger partial charge in [0.15, 0.2) is 0 Å². The summed E-state index contributed by atoms with van der Waals surface area (Å²) >= 11 is 0. The van der Waals surface area contributed by atoms with E-state index in [1.54, 1.807) is 11.9 Å². The van der Waals surface area contributed by atoms with Crippen molar-refractivity contribution < 1.29 is 14.6 Å². The molecule has 5 heteroatoms. The van der Waals surface area contributed by atoms with Crippen molar-refractivity contribution in [2.45, 2.75) is 57.1 Å². The molecule has 0 bridgehead atoms. The van der Waals surface area contributed by atoms with Crippen molar-refractivity contribution in [1.82, 2.24) is 10.2 Å². The summed E-state index contributed by atoms with van der Waals surface area (Å²) in [6, 6.07) is 6.58. The van der Waals surface area contributed by atoms with Gasteiger partial charge in [0, 0.05) is 33.1 Å². The van der Waals surface area contributed by atoms with Crippen LogP contribution in [0.2, 0.25) is 0 Å². The van der Waals surface area contributed by atoms with E-state index < -0.39 is 5.60 Å². The number of hydrogen-bond donors (Lipinski definition) is 2. The zero-order valence-corrected chi connectivity index (χ0v) is 15.5. The average molecular weight is 346 g/mol. The maximum Gasteiger partial charge on any atom is 0.317 e. The number of amides is 2. The predicted molar refractivity (Wildman–Crippen MR) is 97.8 cm³/mol. The van der Waals surface area contributed by atoms with Crippen LogP contribution in [-0.4, -0.2) is 48.4 Å². The Morgan fingerprint density at radius 3 is 2.80 bits per heavy atom. The first-order valence-corrected chi connectivity index (χ1v) is 9.32. The highest BCUT2D eigenvalue weighted by molar-refractivity contribution is 5.74. The number of likely N-dealkylation sites (N-methyl/N-ethyl adjacent to an activating group) is 1. The standard InChI is InChI=1S/C20H30N2O3/c1-14(2)16-5-4-15-6-7-18(17(15)12-16)21-19(23)22(3)13-20(24)8-10-25-11-9-20/h4-5,12,14,18,24H,6-11,13H2,1-3H3,(H,21,23)/t18-/m0/s1. The SMILES string of the molecule is CC(C)c1ccc2c(c1)[C@@H](NC(=O)N(C)CC1(O)CCOCC1)CC2. The maximum atomic E-state index is 12.6. The molecule has 25 heavy (non-hydrogen) atoms. The van der Waals surface area contributed by atoms with Gasteiger partial charge in [0.25, 0.3) is 0 Å². The van der Waals surface area contributed by atoms with E-state index in [2.05, 4.69) is 37.4 Å². The molecular formula is C20H30N2O3. The van der Waals surface area contributed by atoms with Crippen LogP contribution < -0.4 is 5.32 Å². The molecule has 2 amide bonds. The Morgan fingerprint density at radius 1 is 1.40 bits per heavy atom. The third-order valence-electron chi connectivity index (χ3n) is 5.51. The van der Waals surface area contributed by atoms with Crippen molar-refractivity contribution in [3.8, 4) is 0 Å². The van der Waals surface area contributed by atoms with Gasteiger partial charge in [0.2, 0.25) is 0 Å². The van der Waals surface area contributed by atoms with Gasteiger partial charge in [-0.3, -0.25) is 0 Å². The van der Waals surface area contributed by atoms with Gasteiger partial charge in [0.1, 0.15) is 0 Å². The number of carbonyl (C=O) groups is 1. The van der Waals surface area contributed by atoms with Gasteiger partial charge in [-0.05, 0) is 35.4 Å². The van der Waals surface area contributed by atoms with Crippen LogP contribution in [0.5, 0.6) is 0 Å². The Morgan fingerprint density at radius 2 is 2.12 bits per heavy atom. The summed E-state index contributed by atoms with van der Waals surface area (Å²) in [6.45, 7) is 5.83. The molecule has 5 nitrogen and oxygen atoms in total. The number of hydrogen-bond acceptors (Lipinski definition) is 3. The Kier molecular flexibility index (Phi) is 5.35. The van der Waals surface area contributed by atoms with E-state index in [4.69, 9.17) is 4.74 Å². The number of nitrogens with one attached hydrogen (secondary N) is 1. The van der Waals surface area contributed by atoms with Gasteiger partial charge in [-0.1, -0.05) is 32.0 Å². The Labute approximate surface area is 150 Å². The number of urea groups is 1. The quantitative estimate of drug-likeness (QED) is 0.881. The van der Waals surface area contributed by atoms with Gasteiger partial charge < -0.3 is 20.1 Å². The highest BCUT2D eigenvalue weighted by atomic mass is 16.5. The molecule has 3 rings (SSSR count). The fraction of sp³-hybridized carbons (Fsp3) is 0.650. The van der Waals surface area contributed by atoms with Crippen molar-refractivity contribution in [3.05, 3.63) is 34.9 Å². The van der Waals surface area contributed by atoms with Gasteiger partial charge in [-0.25, -0.2) is 4.79 Å². The van der Waals surface area contributed by atoms with E-state index in [1.165, 1.54) is 16.7 Å². The molecule has 1 aromatic carbocycles. The molecule has 1 saturated heterocycles. The molecule has 1 aromatic rings. The second-order valence-electron chi connectivity index (χ2n) is 7.85. The number of carbonyl (C=O) groups excluding carboxylic acids is 1. The minimum Gasteiger partial charge on any atom is -0.388 e. The van der Waals surface area contributed by atoms with Crippen LogP contribution in [0, 0.1) is 0 Å². The summed E-state index contributed by atoms with van der Waals surface area (Å²) in [5, 5.41) is 13.8. The second kappa shape index (κ2) is 7.34. The summed E-state index contributed by atoms with van der Waals surface area (Å²) in [5.74, 6) is 0.479. The van der Waals surface area contributed by atoms with Crippen molar-refractivity contribution in [1.29, 1.82) is 0 Å². The molecule has 0 unspecified atom stereocenters. The van der Waals surface area contributed by atoms with Crippen LogP contribution in [0.1, 0.15) is 61.8 Å². The summed E-state index contributed by atoms with van der Waals surface area (Å²) in [7, 11) is 1.75. The first kappa shape index (κ1) is 18.2. The molecule has 1 fully saturated rings. The van der Waals surface area contributed by atoms with Gasteiger partial charge in [0.05, 0.1) is 18.2 Å². The summed E-state index contributed by atoms with van der Waals surface area (Å²) < 4.78 is 5.31. The second-order valence-corrected chi connectivity index (χ2v) is 7.85. The lowest BCUT2D eigenvalue weighted by molar-refractivity contribution is -0.0723. The largest absolute Gasteiger partial charge is 0.388 e. The molecule has 1 aliphatic heterocycles.